The first-order valence-electron chi connectivity index (χ1n) is 8.76. The van der Waals surface area contributed by atoms with Crippen molar-refractivity contribution in [3.8, 4) is 0 Å². The highest BCUT2D eigenvalue weighted by atomic mass is 15.2. The van der Waals surface area contributed by atoms with Crippen LogP contribution in [-0.4, -0.2) is 24.1 Å². The van der Waals surface area contributed by atoms with E-state index in [1.54, 1.807) is 0 Å². The molecule has 0 saturated heterocycles. The summed E-state index contributed by atoms with van der Waals surface area (Å²) in [7, 11) is 0. The number of nitrogens with zero attached hydrogens (tertiary/aromatic N) is 2. The Bertz CT molecular complexity index is 464. The molecule has 3 rings (SSSR count). The quantitative estimate of drug-likeness (QED) is 0.753. The number of pyridine rings is 1. The summed E-state index contributed by atoms with van der Waals surface area (Å²) < 4.78 is 0. The van der Waals surface area contributed by atoms with Crippen LogP contribution in [0.1, 0.15) is 57.2 Å². The fraction of sp³-hybridized carbons (Fsp3) is 0.722. The normalized spacial score (nSPS) is 18.0. The molecule has 2 saturated carbocycles. The number of rotatable bonds is 9. The minimum Gasteiger partial charge on any atom is -0.357 e. The van der Waals surface area contributed by atoms with Gasteiger partial charge in [0.15, 0.2) is 0 Å². The Morgan fingerprint density at radius 3 is 2.62 bits per heavy atom. The van der Waals surface area contributed by atoms with Gasteiger partial charge < -0.3 is 10.2 Å². The first kappa shape index (κ1) is 14.8. The molecule has 2 fully saturated rings. The number of aryl methyl sites for hydroxylation is 1. The van der Waals surface area contributed by atoms with Crippen LogP contribution < -0.4 is 10.2 Å². The van der Waals surface area contributed by atoms with Gasteiger partial charge in [-0.2, -0.15) is 0 Å². The summed E-state index contributed by atoms with van der Waals surface area (Å²) in [6.07, 6.45) is 7.76. The average Bonchev–Trinajstić information content (AvgIpc) is 3.38. The van der Waals surface area contributed by atoms with Crippen molar-refractivity contribution in [1.82, 2.24) is 10.3 Å². The lowest BCUT2D eigenvalue weighted by atomic mass is 10.1. The Hall–Kier alpha value is -1.09. The number of hydrogen-bond donors (Lipinski definition) is 1. The number of nitrogens with one attached hydrogen (secondary N) is 1. The van der Waals surface area contributed by atoms with E-state index < -0.39 is 0 Å². The molecule has 0 unspecified atom stereocenters. The number of aromatic nitrogens is 1. The second-order valence-electron chi connectivity index (χ2n) is 6.71. The van der Waals surface area contributed by atoms with Crippen molar-refractivity contribution in [1.29, 1.82) is 0 Å². The van der Waals surface area contributed by atoms with Gasteiger partial charge in [0.1, 0.15) is 5.82 Å². The van der Waals surface area contributed by atoms with Crippen LogP contribution in [0, 0.1) is 5.92 Å². The molecule has 1 aromatic heterocycles. The van der Waals surface area contributed by atoms with Gasteiger partial charge in [-0.15, -0.1) is 0 Å². The lowest BCUT2D eigenvalue weighted by Crippen LogP contribution is -2.27. The van der Waals surface area contributed by atoms with E-state index in [1.165, 1.54) is 55.7 Å². The second-order valence-corrected chi connectivity index (χ2v) is 6.71. The molecule has 3 heteroatoms. The molecule has 1 heterocycles. The molecule has 116 valence electrons. The van der Waals surface area contributed by atoms with Gasteiger partial charge in [-0.25, -0.2) is 4.98 Å². The molecule has 2 aliphatic rings. The number of hydrogen-bond acceptors (Lipinski definition) is 3. The fourth-order valence-corrected chi connectivity index (χ4v) is 2.83. The molecule has 0 aliphatic heterocycles. The Morgan fingerprint density at radius 1 is 1.19 bits per heavy atom. The van der Waals surface area contributed by atoms with Crippen LogP contribution in [0.25, 0.3) is 0 Å². The van der Waals surface area contributed by atoms with Crippen molar-refractivity contribution in [2.24, 2.45) is 5.92 Å². The molecule has 1 N–H and O–H groups in total. The van der Waals surface area contributed by atoms with Gasteiger partial charge in [-0.3, -0.25) is 0 Å². The molecule has 0 atom stereocenters. The molecule has 21 heavy (non-hydrogen) atoms. The minimum atomic E-state index is 0.769. The molecule has 3 nitrogen and oxygen atoms in total. The van der Waals surface area contributed by atoms with Gasteiger partial charge in [0.05, 0.1) is 0 Å². The third kappa shape index (κ3) is 4.44. The van der Waals surface area contributed by atoms with Crippen molar-refractivity contribution in [2.75, 3.05) is 18.0 Å². The molecule has 0 aromatic carbocycles. The summed E-state index contributed by atoms with van der Waals surface area (Å²) in [5.74, 6) is 2.11. The zero-order valence-electron chi connectivity index (χ0n) is 13.6. The molecule has 0 amide bonds. The predicted molar refractivity (Wildman–Crippen MR) is 88.7 cm³/mol. The average molecular weight is 287 g/mol. The highest BCUT2D eigenvalue weighted by molar-refractivity contribution is 5.43. The Morgan fingerprint density at radius 2 is 2.00 bits per heavy atom. The lowest BCUT2D eigenvalue weighted by molar-refractivity contribution is 0.681. The molecular weight excluding hydrogens is 258 g/mol. The van der Waals surface area contributed by atoms with Crippen LogP contribution in [0.4, 0.5) is 5.82 Å². The van der Waals surface area contributed by atoms with E-state index in [0.717, 1.165) is 31.5 Å². The van der Waals surface area contributed by atoms with Crippen LogP contribution in [0.3, 0.4) is 0 Å². The first-order chi connectivity index (χ1) is 10.3. The van der Waals surface area contributed by atoms with E-state index >= 15 is 0 Å². The van der Waals surface area contributed by atoms with Crippen LogP contribution in [-0.2, 0) is 13.0 Å². The fourth-order valence-electron chi connectivity index (χ4n) is 2.83. The van der Waals surface area contributed by atoms with E-state index in [4.69, 9.17) is 4.98 Å². The number of anilines is 1. The Kier molecular flexibility index (Phi) is 4.79. The first-order valence-corrected chi connectivity index (χ1v) is 8.76. The van der Waals surface area contributed by atoms with Crippen LogP contribution in [0.2, 0.25) is 0 Å². The van der Waals surface area contributed by atoms with Gasteiger partial charge in [-0.1, -0.05) is 13.3 Å². The van der Waals surface area contributed by atoms with E-state index in [9.17, 15) is 0 Å². The van der Waals surface area contributed by atoms with Crippen LogP contribution >= 0.6 is 0 Å². The smallest absolute Gasteiger partial charge is 0.129 e. The summed E-state index contributed by atoms with van der Waals surface area (Å²) in [6, 6.07) is 5.37. The van der Waals surface area contributed by atoms with Crippen molar-refractivity contribution in [2.45, 2.75) is 65.0 Å². The summed E-state index contributed by atoms with van der Waals surface area (Å²) in [4.78, 5) is 7.39. The summed E-state index contributed by atoms with van der Waals surface area (Å²) >= 11 is 0. The third-order valence-corrected chi connectivity index (χ3v) is 4.48. The highest BCUT2D eigenvalue weighted by Gasteiger charge is 2.25. The standard InChI is InChI=1S/C18H29N3/c1-3-5-17-10-15(12-19-16-8-9-16)11-18(20-17)21(4-2)13-14-6-7-14/h10-11,14,16,19H,3-9,12-13H2,1-2H3. The van der Waals surface area contributed by atoms with Gasteiger partial charge in [0.2, 0.25) is 0 Å². The monoisotopic (exact) mass is 287 g/mol. The van der Waals surface area contributed by atoms with Gasteiger partial charge in [0.25, 0.3) is 0 Å². The van der Waals surface area contributed by atoms with E-state index in [1.807, 2.05) is 0 Å². The lowest BCUT2D eigenvalue weighted by Gasteiger charge is -2.23. The molecule has 0 radical (unpaired) electrons. The van der Waals surface area contributed by atoms with Gasteiger partial charge in [-0.05, 0) is 62.6 Å². The maximum absolute atomic E-state index is 4.92. The second kappa shape index (κ2) is 6.78. The maximum Gasteiger partial charge on any atom is 0.129 e. The molecule has 1 aromatic rings. The van der Waals surface area contributed by atoms with Crippen LogP contribution in [0.15, 0.2) is 12.1 Å². The zero-order chi connectivity index (χ0) is 14.7. The Labute approximate surface area is 129 Å². The molecule has 2 aliphatic carbocycles. The minimum absolute atomic E-state index is 0.769. The summed E-state index contributed by atoms with van der Waals surface area (Å²) in [5.41, 5.74) is 2.67. The van der Waals surface area contributed by atoms with Gasteiger partial charge in [0, 0.05) is 31.4 Å². The van der Waals surface area contributed by atoms with Gasteiger partial charge >= 0.3 is 0 Å². The molecule has 0 spiro atoms. The van der Waals surface area contributed by atoms with E-state index in [-0.39, 0.29) is 0 Å². The summed E-state index contributed by atoms with van der Waals surface area (Å²) in [6.45, 7) is 7.73. The largest absolute Gasteiger partial charge is 0.357 e. The van der Waals surface area contributed by atoms with Crippen molar-refractivity contribution in [3.05, 3.63) is 23.4 Å². The third-order valence-electron chi connectivity index (χ3n) is 4.48. The zero-order valence-corrected chi connectivity index (χ0v) is 13.6. The van der Waals surface area contributed by atoms with Crippen molar-refractivity contribution in [3.63, 3.8) is 0 Å². The topological polar surface area (TPSA) is 28.2 Å². The van der Waals surface area contributed by atoms with Crippen molar-refractivity contribution < 1.29 is 0 Å². The predicted octanol–water partition coefficient (Wildman–Crippen LogP) is 3.52. The van der Waals surface area contributed by atoms with E-state index in [2.05, 4.69) is 36.2 Å². The summed E-state index contributed by atoms with van der Waals surface area (Å²) in [5, 5.41) is 3.63. The SMILES string of the molecule is CCCc1cc(CNC2CC2)cc(N(CC)CC2CC2)n1. The van der Waals surface area contributed by atoms with E-state index in [0.29, 0.717) is 0 Å². The molecular formula is C18H29N3. The molecule has 0 bridgehead atoms. The maximum atomic E-state index is 4.92. The Balaban J connectivity index is 1.74. The van der Waals surface area contributed by atoms with Crippen molar-refractivity contribution >= 4 is 5.82 Å². The van der Waals surface area contributed by atoms with Crippen LogP contribution in [0.5, 0.6) is 0 Å². The highest BCUT2D eigenvalue weighted by Crippen LogP contribution is 2.31.